The van der Waals surface area contributed by atoms with Crippen molar-refractivity contribution in [3.8, 4) is 0 Å². The molecule has 0 amide bonds. The monoisotopic (exact) mass is 246 g/mol. The zero-order valence-corrected chi connectivity index (χ0v) is 11.0. The van der Waals surface area contributed by atoms with Crippen LogP contribution in [0.25, 0.3) is 11.0 Å². The van der Waals surface area contributed by atoms with E-state index in [2.05, 4.69) is 18.0 Å². The highest BCUT2D eigenvalue weighted by Gasteiger charge is 2.15. The van der Waals surface area contributed by atoms with E-state index < -0.39 is 5.97 Å². The first-order valence-corrected chi connectivity index (χ1v) is 6.24. The van der Waals surface area contributed by atoms with Crippen LogP contribution in [-0.2, 0) is 17.6 Å². The molecule has 4 nitrogen and oxygen atoms in total. The van der Waals surface area contributed by atoms with Gasteiger partial charge in [0.25, 0.3) is 0 Å². The molecule has 0 bridgehead atoms. The van der Waals surface area contributed by atoms with Crippen LogP contribution in [-0.4, -0.2) is 20.6 Å². The molecule has 0 aliphatic rings. The molecular weight excluding hydrogens is 228 g/mol. The van der Waals surface area contributed by atoms with E-state index in [0.29, 0.717) is 5.82 Å². The molecule has 0 unspecified atom stereocenters. The van der Waals surface area contributed by atoms with Gasteiger partial charge in [-0.1, -0.05) is 13.0 Å². The Morgan fingerprint density at radius 2 is 2.17 bits per heavy atom. The normalized spacial score (nSPS) is 11.3. The highest BCUT2D eigenvalue weighted by molar-refractivity contribution is 5.79. The number of imidazole rings is 1. The number of aryl methyl sites for hydroxylation is 1. The Kier molecular flexibility index (Phi) is 3.36. The molecule has 0 aliphatic heterocycles. The Morgan fingerprint density at radius 1 is 1.44 bits per heavy atom. The summed E-state index contributed by atoms with van der Waals surface area (Å²) in [5.41, 5.74) is 3.12. The standard InChI is InChI=1S/C14H18N2O2/c1-4-10-5-6-12-11(7-10)15-13(8-14(17)18)16(12)9(2)3/h5-7,9H,4,8H2,1-3H3,(H,17,18). The van der Waals surface area contributed by atoms with Gasteiger partial charge in [-0.25, -0.2) is 4.98 Å². The van der Waals surface area contributed by atoms with Crippen LogP contribution in [0.4, 0.5) is 0 Å². The van der Waals surface area contributed by atoms with Gasteiger partial charge in [0.1, 0.15) is 12.2 Å². The van der Waals surface area contributed by atoms with Crippen LogP contribution >= 0.6 is 0 Å². The van der Waals surface area contributed by atoms with Crippen molar-refractivity contribution < 1.29 is 9.90 Å². The zero-order valence-electron chi connectivity index (χ0n) is 11.0. The molecule has 0 fully saturated rings. The van der Waals surface area contributed by atoms with Crippen molar-refractivity contribution in [3.63, 3.8) is 0 Å². The highest BCUT2D eigenvalue weighted by Crippen LogP contribution is 2.22. The molecule has 18 heavy (non-hydrogen) atoms. The first-order chi connectivity index (χ1) is 8.52. The fourth-order valence-corrected chi connectivity index (χ4v) is 2.25. The molecule has 1 heterocycles. The number of carboxylic acids is 1. The molecule has 1 aromatic heterocycles. The summed E-state index contributed by atoms with van der Waals surface area (Å²) in [5, 5.41) is 8.95. The third-order valence-corrected chi connectivity index (χ3v) is 3.06. The number of fused-ring (bicyclic) bond motifs is 1. The Balaban J connectivity index is 2.62. The van der Waals surface area contributed by atoms with Crippen LogP contribution in [0.3, 0.4) is 0 Å². The third-order valence-electron chi connectivity index (χ3n) is 3.06. The maximum atomic E-state index is 10.9. The van der Waals surface area contributed by atoms with Crippen molar-refractivity contribution in [1.29, 1.82) is 0 Å². The molecule has 0 atom stereocenters. The molecule has 0 saturated heterocycles. The number of carbonyl (C=O) groups is 1. The molecule has 0 spiro atoms. The highest BCUT2D eigenvalue weighted by atomic mass is 16.4. The van der Waals surface area contributed by atoms with E-state index in [1.54, 1.807) is 0 Å². The lowest BCUT2D eigenvalue weighted by Crippen LogP contribution is -2.11. The van der Waals surface area contributed by atoms with Gasteiger partial charge in [0.15, 0.2) is 0 Å². The Hall–Kier alpha value is -1.84. The van der Waals surface area contributed by atoms with Crippen LogP contribution < -0.4 is 0 Å². The van der Waals surface area contributed by atoms with Crippen molar-refractivity contribution in [1.82, 2.24) is 9.55 Å². The molecule has 1 N–H and O–H groups in total. The number of carboxylic acid groups (broad SMARTS) is 1. The lowest BCUT2D eigenvalue weighted by atomic mass is 10.1. The average molecular weight is 246 g/mol. The van der Waals surface area contributed by atoms with E-state index >= 15 is 0 Å². The SMILES string of the molecule is CCc1ccc2c(c1)nc(CC(=O)O)n2C(C)C. The quantitative estimate of drug-likeness (QED) is 0.902. The number of hydrogen-bond donors (Lipinski definition) is 1. The van der Waals surface area contributed by atoms with Crippen molar-refractivity contribution in [3.05, 3.63) is 29.6 Å². The van der Waals surface area contributed by atoms with Gasteiger partial charge >= 0.3 is 5.97 Å². The molecule has 1 aromatic carbocycles. The van der Waals surface area contributed by atoms with Gasteiger partial charge < -0.3 is 9.67 Å². The van der Waals surface area contributed by atoms with Crippen molar-refractivity contribution in [2.24, 2.45) is 0 Å². The molecule has 4 heteroatoms. The van der Waals surface area contributed by atoms with E-state index in [4.69, 9.17) is 5.11 Å². The second-order valence-corrected chi connectivity index (χ2v) is 4.74. The smallest absolute Gasteiger partial charge is 0.311 e. The molecule has 0 aliphatic carbocycles. The second-order valence-electron chi connectivity index (χ2n) is 4.74. The maximum absolute atomic E-state index is 10.9. The van der Waals surface area contributed by atoms with Gasteiger partial charge in [-0.2, -0.15) is 0 Å². The number of aromatic nitrogens is 2. The minimum atomic E-state index is -0.845. The summed E-state index contributed by atoms with van der Waals surface area (Å²) in [7, 11) is 0. The van der Waals surface area contributed by atoms with Crippen molar-refractivity contribution in [2.75, 3.05) is 0 Å². The molecule has 96 valence electrons. The van der Waals surface area contributed by atoms with Crippen LogP contribution in [0, 0.1) is 0 Å². The maximum Gasteiger partial charge on any atom is 0.311 e. The summed E-state index contributed by atoms with van der Waals surface area (Å²) in [5.74, 6) is -0.219. The Labute approximate surface area is 106 Å². The fraction of sp³-hybridized carbons (Fsp3) is 0.429. The van der Waals surface area contributed by atoms with Gasteiger partial charge in [-0.15, -0.1) is 0 Å². The summed E-state index contributed by atoms with van der Waals surface area (Å²) in [6, 6.07) is 6.36. The summed E-state index contributed by atoms with van der Waals surface area (Å²) in [6.07, 6.45) is 0.924. The summed E-state index contributed by atoms with van der Waals surface area (Å²) in [6.45, 7) is 6.18. The van der Waals surface area contributed by atoms with Crippen LogP contribution in [0.5, 0.6) is 0 Å². The van der Waals surface area contributed by atoms with Gasteiger partial charge in [0.2, 0.25) is 0 Å². The van der Waals surface area contributed by atoms with Gasteiger partial charge in [0, 0.05) is 6.04 Å². The van der Waals surface area contributed by atoms with Gasteiger partial charge in [-0.05, 0) is 38.0 Å². The topological polar surface area (TPSA) is 55.1 Å². The Bertz CT molecular complexity index is 585. The summed E-state index contributed by atoms with van der Waals surface area (Å²) in [4.78, 5) is 15.4. The molecule has 0 radical (unpaired) electrons. The van der Waals surface area contributed by atoms with E-state index in [1.807, 2.05) is 30.5 Å². The fourth-order valence-electron chi connectivity index (χ4n) is 2.25. The van der Waals surface area contributed by atoms with Crippen molar-refractivity contribution in [2.45, 2.75) is 39.7 Å². The minimum Gasteiger partial charge on any atom is -0.481 e. The number of nitrogens with zero attached hydrogens (tertiary/aromatic N) is 2. The average Bonchev–Trinajstić information content (AvgIpc) is 2.64. The second kappa shape index (κ2) is 4.80. The minimum absolute atomic E-state index is 0.0334. The Morgan fingerprint density at radius 3 is 2.72 bits per heavy atom. The predicted molar refractivity (Wildman–Crippen MR) is 70.8 cm³/mol. The lowest BCUT2D eigenvalue weighted by molar-refractivity contribution is -0.136. The first-order valence-electron chi connectivity index (χ1n) is 6.24. The van der Waals surface area contributed by atoms with Crippen LogP contribution in [0.2, 0.25) is 0 Å². The van der Waals surface area contributed by atoms with Crippen LogP contribution in [0.15, 0.2) is 18.2 Å². The summed E-state index contributed by atoms with van der Waals surface area (Å²) >= 11 is 0. The van der Waals surface area contributed by atoms with E-state index in [1.165, 1.54) is 5.56 Å². The molecular formula is C14H18N2O2. The number of aliphatic carboxylic acids is 1. The van der Waals surface area contributed by atoms with Gasteiger partial charge in [-0.3, -0.25) is 4.79 Å². The predicted octanol–water partition coefficient (Wildman–Crippen LogP) is 2.81. The number of rotatable bonds is 4. The van der Waals surface area contributed by atoms with E-state index in [-0.39, 0.29) is 12.5 Å². The molecule has 0 saturated carbocycles. The third kappa shape index (κ3) is 2.23. The number of benzene rings is 1. The van der Waals surface area contributed by atoms with E-state index in [9.17, 15) is 4.79 Å². The summed E-state index contributed by atoms with van der Waals surface area (Å²) < 4.78 is 2.00. The van der Waals surface area contributed by atoms with E-state index in [0.717, 1.165) is 17.5 Å². The lowest BCUT2D eigenvalue weighted by Gasteiger charge is -2.12. The first kappa shape index (κ1) is 12.6. The van der Waals surface area contributed by atoms with Crippen LogP contribution in [0.1, 0.15) is 38.2 Å². The molecule has 2 aromatic rings. The number of hydrogen-bond acceptors (Lipinski definition) is 2. The zero-order chi connectivity index (χ0) is 13.3. The largest absolute Gasteiger partial charge is 0.481 e. The van der Waals surface area contributed by atoms with Crippen molar-refractivity contribution >= 4 is 17.0 Å². The van der Waals surface area contributed by atoms with Gasteiger partial charge in [0.05, 0.1) is 11.0 Å². The molecule has 2 rings (SSSR count).